The fourth-order valence-electron chi connectivity index (χ4n) is 2.10. The molecule has 0 unspecified atom stereocenters. The molecule has 0 aliphatic carbocycles. The summed E-state index contributed by atoms with van der Waals surface area (Å²) in [5.74, 6) is 0.547. The van der Waals surface area contributed by atoms with Gasteiger partial charge >= 0.3 is 0 Å². The second-order valence-corrected chi connectivity index (χ2v) is 7.90. The maximum Gasteiger partial charge on any atom is 0.151 e. The van der Waals surface area contributed by atoms with Crippen LogP contribution in [0, 0.1) is 0 Å². The predicted octanol–water partition coefficient (Wildman–Crippen LogP) is 1.91. The molecule has 1 fully saturated rings. The maximum absolute atomic E-state index is 11.4. The van der Waals surface area contributed by atoms with E-state index in [4.69, 9.17) is 0 Å². The summed E-state index contributed by atoms with van der Waals surface area (Å²) in [4.78, 5) is 0. The molecule has 2 aromatic rings. The molecule has 0 spiro atoms. The number of nitrogens with zero attached hydrogens (tertiary/aromatic N) is 2. The van der Waals surface area contributed by atoms with Crippen molar-refractivity contribution in [3.8, 4) is 0 Å². The average molecular weight is 280 g/mol. The Morgan fingerprint density at radius 1 is 1.28 bits per heavy atom. The van der Waals surface area contributed by atoms with E-state index in [0.717, 1.165) is 15.8 Å². The van der Waals surface area contributed by atoms with Crippen molar-refractivity contribution in [2.45, 2.75) is 16.7 Å². The first-order chi connectivity index (χ1) is 8.64. The molecule has 0 saturated carbocycles. The van der Waals surface area contributed by atoms with Crippen LogP contribution < -0.4 is 0 Å². The van der Waals surface area contributed by atoms with E-state index in [0.29, 0.717) is 12.2 Å². The van der Waals surface area contributed by atoms with Crippen LogP contribution in [0.3, 0.4) is 0 Å². The van der Waals surface area contributed by atoms with E-state index in [-0.39, 0.29) is 11.0 Å². The van der Waals surface area contributed by atoms with E-state index in [9.17, 15) is 8.42 Å². The minimum absolute atomic E-state index is 0.107. The maximum atomic E-state index is 11.4. The summed E-state index contributed by atoms with van der Waals surface area (Å²) < 4.78 is 22.9. The SMILES string of the molecule is O=S1(=O)CC[C@@H](Sc2nncc3ccccc23)C1. The van der Waals surface area contributed by atoms with Gasteiger partial charge in [-0.3, -0.25) is 0 Å². The highest BCUT2D eigenvalue weighted by atomic mass is 32.2. The summed E-state index contributed by atoms with van der Waals surface area (Å²) in [6.45, 7) is 0. The lowest BCUT2D eigenvalue weighted by atomic mass is 10.2. The first-order valence-electron chi connectivity index (χ1n) is 5.71. The molecule has 0 bridgehead atoms. The third-order valence-electron chi connectivity index (χ3n) is 3.01. The number of fused-ring (bicyclic) bond motifs is 1. The number of rotatable bonds is 2. The molecule has 18 heavy (non-hydrogen) atoms. The van der Waals surface area contributed by atoms with Crippen molar-refractivity contribution in [3.05, 3.63) is 30.5 Å². The zero-order chi connectivity index (χ0) is 12.6. The molecule has 1 aromatic carbocycles. The van der Waals surface area contributed by atoms with E-state index in [1.807, 2.05) is 24.3 Å². The number of aromatic nitrogens is 2. The van der Waals surface area contributed by atoms with Crippen molar-refractivity contribution in [2.75, 3.05) is 11.5 Å². The predicted molar refractivity (Wildman–Crippen MR) is 72.5 cm³/mol. The summed E-state index contributed by atoms with van der Waals surface area (Å²) in [6.07, 6.45) is 2.43. The third kappa shape index (κ3) is 2.35. The highest BCUT2D eigenvalue weighted by Gasteiger charge is 2.29. The number of hydrogen-bond acceptors (Lipinski definition) is 5. The smallest absolute Gasteiger partial charge is 0.151 e. The van der Waals surface area contributed by atoms with Gasteiger partial charge in [0.2, 0.25) is 0 Å². The first-order valence-corrected chi connectivity index (χ1v) is 8.42. The summed E-state index contributed by atoms with van der Waals surface area (Å²) in [7, 11) is -2.84. The zero-order valence-corrected chi connectivity index (χ0v) is 11.2. The number of hydrogen-bond donors (Lipinski definition) is 0. The highest BCUT2D eigenvalue weighted by Crippen LogP contribution is 2.33. The normalized spacial score (nSPS) is 22.3. The molecule has 6 heteroatoms. The number of benzene rings is 1. The van der Waals surface area contributed by atoms with Gasteiger partial charge in [0.25, 0.3) is 0 Å². The lowest BCUT2D eigenvalue weighted by Gasteiger charge is -2.08. The van der Waals surface area contributed by atoms with Crippen molar-refractivity contribution in [1.82, 2.24) is 10.2 Å². The van der Waals surface area contributed by atoms with Gasteiger partial charge in [0.15, 0.2) is 9.84 Å². The summed E-state index contributed by atoms with van der Waals surface area (Å²) in [5, 5.41) is 11.1. The van der Waals surface area contributed by atoms with E-state index < -0.39 is 9.84 Å². The lowest BCUT2D eigenvalue weighted by molar-refractivity contribution is 0.602. The van der Waals surface area contributed by atoms with Gasteiger partial charge in [0.05, 0.1) is 17.7 Å². The summed E-state index contributed by atoms with van der Waals surface area (Å²) in [5.41, 5.74) is 0. The molecule has 0 radical (unpaired) electrons. The zero-order valence-electron chi connectivity index (χ0n) is 9.61. The Morgan fingerprint density at radius 3 is 2.89 bits per heavy atom. The fourth-order valence-corrected chi connectivity index (χ4v) is 5.65. The molecule has 2 heterocycles. The molecule has 1 aliphatic heterocycles. The average Bonchev–Trinajstić information content (AvgIpc) is 2.69. The van der Waals surface area contributed by atoms with Crippen LogP contribution in [0.2, 0.25) is 0 Å². The molecular weight excluding hydrogens is 268 g/mol. The van der Waals surface area contributed by atoms with Gasteiger partial charge in [-0.2, -0.15) is 5.10 Å². The largest absolute Gasteiger partial charge is 0.229 e. The Labute approximate surface area is 110 Å². The standard InChI is InChI=1S/C12H12N2O2S2/c15-18(16)6-5-10(8-18)17-12-11-4-2-1-3-9(11)7-13-14-12/h1-4,7,10H,5-6,8H2/t10-/m1/s1. The van der Waals surface area contributed by atoms with Crippen molar-refractivity contribution >= 4 is 32.4 Å². The van der Waals surface area contributed by atoms with E-state index in [1.54, 1.807) is 6.20 Å². The van der Waals surface area contributed by atoms with Crippen molar-refractivity contribution < 1.29 is 8.42 Å². The van der Waals surface area contributed by atoms with E-state index in [2.05, 4.69) is 10.2 Å². The second kappa shape index (κ2) is 4.51. The first kappa shape index (κ1) is 11.9. The quantitative estimate of drug-likeness (QED) is 0.841. The molecule has 0 amide bonds. The lowest BCUT2D eigenvalue weighted by Crippen LogP contribution is -2.06. The summed E-state index contributed by atoms with van der Waals surface area (Å²) in [6, 6.07) is 7.90. The van der Waals surface area contributed by atoms with Crippen LogP contribution in [0.4, 0.5) is 0 Å². The molecule has 1 atom stereocenters. The third-order valence-corrected chi connectivity index (χ3v) is 6.25. The van der Waals surface area contributed by atoms with Gasteiger partial charge in [-0.25, -0.2) is 8.42 Å². The topological polar surface area (TPSA) is 59.9 Å². The van der Waals surface area contributed by atoms with Crippen LogP contribution in [0.15, 0.2) is 35.5 Å². The minimum atomic E-state index is -2.84. The van der Waals surface area contributed by atoms with Crippen molar-refractivity contribution in [1.29, 1.82) is 0 Å². The Kier molecular flexibility index (Phi) is 2.99. The molecular formula is C12H12N2O2S2. The van der Waals surface area contributed by atoms with Crippen LogP contribution in [0.25, 0.3) is 10.8 Å². The van der Waals surface area contributed by atoms with Crippen LogP contribution in [-0.4, -0.2) is 35.4 Å². The van der Waals surface area contributed by atoms with Gasteiger partial charge in [-0.1, -0.05) is 36.0 Å². The van der Waals surface area contributed by atoms with Gasteiger partial charge in [-0.05, 0) is 6.42 Å². The summed E-state index contributed by atoms with van der Waals surface area (Å²) >= 11 is 1.53. The van der Waals surface area contributed by atoms with E-state index >= 15 is 0 Å². The van der Waals surface area contributed by atoms with E-state index in [1.165, 1.54) is 11.8 Å². The number of thioether (sulfide) groups is 1. The molecule has 1 aromatic heterocycles. The van der Waals surface area contributed by atoms with Crippen molar-refractivity contribution in [3.63, 3.8) is 0 Å². The molecule has 1 aliphatic rings. The Hall–Kier alpha value is -1.14. The minimum Gasteiger partial charge on any atom is -0.229 e. The number of sulfone groups is 1. The van der Waals surface area contributed by atoms with Crippen LogP contribution >= 0.6 is 11.8 Å². The van der Waals surface area contributed by atoms with Crippen molar-refractivity contribution in [2.24, 2.45) is 0 Å². The van der Waals surface area contributed by atoms with Gasteiger partial charge in [0.1, 0.15) is 5.03 Å². The van der Waals surface area contributed by atoms with Crippen LogP contribution in [0.5, 0.6) is 0 Å². The molecule has 4 nitrogen and oxygen atoms in total. The molecule has 1 saturated heterocycles. The second-order valence-electron chi connectivity index (χ2n) is 4.38. The Morgan fingerprint density at radius 2 is 2.11 bits per heavy atom. The molecule has 3 rings (SSSR count). The monoisotopic (exact) mass is 280 g/mol. The van der Waals surface area contributed by atoms with Crippen LogP contribution in [-0.2, 0) is 9.84 Å². The molecule has 94 valence electrons. The van der Waals surface area contributed by atoms with Gasteiger partial charge in [-0.15, -0.1) is 5.10 Å². The van der Waals surface area contributed by atoms with Gasteiger partial charge in [0, 0.05) is 16.0 Å². The fraction of sp³-hybridized carbons (Fsp3) is 0.333. The Bertz CT molecular complexity index is 680. The molecule has 0 N–H and O–H groups in total. The van der Waals surface area contributed by atoms with Gasteiger partial charge < -0.3 is 0 Å². The highest BCUT2D eigenvalue weighted by molar-refractivity contribution is 8.02. The van der Waals surface area contributed by atoms with Crippen LogP contribution in [0.1, 0.15) is 6.42 Å². The Balaban J connectivity index is 1.92.